The smallest absolute Gasteiger partial charge is 0.256 e. The van der Waals surface area contributed by atoms with Gasteiger partial charge in [-0.2, -0.15) is 0 Å². The standard InChI is InChI=1S/C13H18Cl2N2O3S/c1-8(2)6-7-17(3)13(18)11-9(14)4-5-10(12(11)15)21(16,19)20/h4-5,8H,6-7H2,1-3H3,(H2,16,19,20). The van der Waals surface area contributed by atoms with Crippen molar-refractivity contribution in [3.8, 4) is 0 Å². The van der Waals surface area contributed by atoms with E-state index < -0.39 is 15.9 Å². The van der Waals surface area contributed by atoms with E-state index in [2.05, 4.69) is 0 Å². The van der Waals surface area contributed by atoms with Crippen molar-refractivity contribution in [1.29, 1.82) is 0 Å². The van der Waals surface area contributed by atoms with Gasteiger partial charge in [-0.1, -0.05) is 37.0 Å². The molecule has 8 heteroatoms. The van der Waals surface area contributed by atoms with Crippen LogP contribution in [0.25, 0.3) is 0 Å². The summed E-state index contributed by atoms with van der Waals surface area (Å²) < 4.78 is 22.9. The maximum Gasteiger partial charge on any atom is 0.256 e. The zero-order valence-electron chi connectivity index (χ0n) is 12.1. The van der Waals surface area contributed by atoms with Crippen LogP contribution in [0.5, 0.6) is 0 Å². The molecule has 5 nitrogen and oxygen atoms in total. The molecule has 21 heavy (non-hydrogen) atoms. The normalized spacial score (nSPS) is 11.8. The maximum absolute atomic E-state index is 12.4. The molecule has 0 aromatic heterocycles. The number of primary sulfonamides is 1. The molecule has 0 unspecified atom stereocenters. The molecular formula is C13H18Cl2N2O3S. The monoisotopic (exact) mass is 352 g/mol. The Bertz CT molecular complexity index is 645. The van der Waals surface area contributed by atoms with Crippen molar-refractivity contribution in [1.82, 2.24) is 4.90 Å². The first-order chi connectivity index (χ1) is 9.55. The van der Waals surface area contributed by atoms with Gasteiger partial charge in [0.15, 0.2) is 0 Å². The largest absolute Gasteiger partial charge is 0.342 e. The van der Waals surface area contributed by atoms with Crippen LogP contribution in [-0.4, -0.2) is 32.8 Å². The summed E-state index contributed by atoms with van der Waals surface area (Å²) in [5, 5.41) is 4.92. The van der Waals surface area contributed by atoms with Gasteiger partial charge in [0, 0.05) is 13.6 Å². The van der Waals surface area contributed by atoms with Crippen molar-refractivity contribution in [3.63, 3.8) is 0 Å². The number of sulfonamides is 1. The number of carbonyl (C=O) groups is 1. The Kier molecular flexibility index (Phi) is 6.04. The van der Waals surface area contributed by atoms with E-state index in [9.17, 15) is 13.2 Å². The summed E-state index contributed by atoms with van der Waals surface area (Å²) in [6.45, 7) is 4.60. The minimum absolute atomic E-state index is 0.0453. The summed E-state index contributed by atoms with van der Waals surface area (Å²) in [6.07, 6.45) is 0.812. The first-order valence-electron chi connectivity index (χ1n) is 6.32. The van der Waals surface area contributed by atoms with E-state index in [0.29, 0.717) is 12.5 Å². The van der Waals surface area contributed by atoms with Crippen molar-refractivity contribution in [2.24, 2.45) is 11.1 Å². The van der Waals surface area contributed by atoms with Gasteiger partial charge in [0.2, 0.25) is 10.0 Å². The minimum atomic E-state index is -4.02. The molecule has 0 bridgehead atoms. The van der Waals surface area contributed by atoms with E-state index in [1.165, 1.54) is 17.0 Å². The van der Waals surface area contributed by atoms with Crippen LogP contribution in [0.2, 0.25) is 10.0 Å². The van der Waals surface area contributed by atoms with Crippen molar-refractivity contribution in [2.45, 2.75) is 25.2 Å². The molecule has 0 aliphatic heterocycles. The number of hydrogen-bond donors (Lipinski definition) is 1. The molecule has 0 spiro atoms. The Morgan fingerprint density at radius 3 is 2.38 bits per heavy atom. The van der Waals surface area contributed by atoms with Crippen LogP contribution in [0.1, 0.15) is 30.6 Å². The highest BCUT2D eigenvalue weighted by Gasteiger charge is 2.24. The average Bonchev–Trinajstić information content (AvgIpc) is 2.33. The molecule has 0 saturated heterocycles. The van der Waals surface area contributed by atoms with Crippen LogP contribution < -0.4 is 5.14 Å². The first kappa shape index (κ1) is 18.2. The van der Waals surface area contributed by atoms with Gasteiger partial charge in [0.1, 0.15) is 4.90 Å². The van der Waals surface area contributed by atoms with Crippen molar-refractivity contribution >= 4 is 39.1 Å². The van der Waals surface area contributed by atoms with Gasteiger partial charge in [-0.15, -0.1) is 0 Å². The summed E-state index contributed by atoms with van der Waals surface area (Å²) in [5.74, 6) is -0.00176. The minimum Gasteiger partial charge on any atom is -0.342 e. The lowest BCUT2D eigenvalue weighted by atomic mass is 10.1. The van der Waals surface area contributed by atoms with E-state index in [1.54, 1.807) is 7.05 Å². The molecule has 0 heterocycles. The van der Waals surface area contributed by atoms with Crippen LogP contribution in [-0.2, 0) is 10.0 Å². The second kappa shape index (κ2) is 6.96. The number of amides is 1. The summed E-state index contributed by atoms with van der Waals surface area (Å²) in [5.41, 5.74) is -0.0453. The molecule has 1 amide bonds. The second-order valence-electron chi connectivity index (χ2n) is 5.19. The molecule has 1 aromatic carbocycles. The van der Waals surface area contributed by atoms with E-state index >= 15 is 0 Å². The molecule has 0 saturated carbocycles. The van der Waals surface area contributed by atoms with Crippen LogP contribution in [0.4, 0.5) is 0 Å². The number of halogens is 2. The molecule has 118 valence electrons. The highest BCUT2D eigenvalue weighted by Crippen LogP contribution is 2.31. The molecule has 0 fully saturated rings. The summed E-state index contributed by atoms with van der Waals surface area (Å²) in [7, 11) is -2.41. The Hall–Kier alpha value is -0.820. The van der Waals surface area contributed by atoms with E-state index in [4.69, 9.17) is 28.3 Å². The highest BCUT2D eigenvalue weighted by molar-refractivity contribution is 7.89. The number of benzene rings is 1. The number of rotatable bonds is 5. The van der Waals surface area contributed by atoms with Crippen molar-refractivity contribution in [2.75, 3.05) is 13.6 Å². The lowest BCUT2D eigenvalue weighted by Gasteiger charge is -2.20. The molecule has 1 rings (SSSR count). The Balaban J connectivity index is 3.21. The molecule has 0 aliphatic carbocycles. The third-order valence-corrected chi connectivity index (χ3v) is 4.74. The fourth-order valence-corrected chi connectivity index (χ4v) is 3.16. The van der Waals surface area contributed by atoms with Gasteiger partial charge < -0.3 is 4.90 Å². The van der Waals surface area contributed by atoms with Gasteiger partial charge in [-0.3, -0.25) is 4.79 Å². The predicted molar refractivity (Wildman–Crippen MR) is 84.3 cm³/mol. The lowest BCUT2D eigenvalue weighted by molar-refractivity contribution is 0.0789. The molecule has 0 aliphatic rings. The van der Waals surface area contributed by atoms with Crippen LogP contribution in [0.3, 0.4) is 0 Å². The second-order valence-corrected chi connectivity index (χ2v) is 7.50. The zero-order chi connectivity index (χ0) is 16.4. The van der Waals surface area contributed by atoms with E-state index in [0.717, 1.165) is 6.42 Å². The number of nitrogens with zero attached hydrogens (tertiary/aromatic N) is 1. The third-order valence-electron chi connectivity index (χ3n) is 2.96. The Morgan fingerprint density at radius 2 is 1.90 bits per heavy atom. The molecular weight excluding hydrogens is 335 g/mol. The average molecular weight is 353 g/mol. The zero-order valence-corrected chi connectivity index (χ0v) is 14.4. The predicted octanol–water partition coefficient (Wildman–Crippen LogP) is 2.76. The van der Waals surface area contributed by atoms with Gasteiger partial charge in [-0.25, -0.2) is 13.6 Å². The topological polar surface area (TPSA) is 80.5 Å². The third kappa shape index (κ3) is 4.57. The summed E-state index contributed by atoms with van der Waals surface area (Å²) in [4.78, 5) is 13.5. The quantitative estimate of drug-likeness (QED) is 0.884. The van der Waals surface area contributed by atoms with Gasteiger partial charge in [-0.05, 0) is 24.5 Å². The SMILES string of the molecule is CC(C)CCN(C)C(=O)c1c(Cl)ccc(S(N)(=O)=O)c1Cl. The van der Waals surface area contributed by atoms with Crippen LogP contribution in [0, 0.1) is 5.92 Å². The Morgan fingerprint density at radius 1 is 1.33 bits per heavy atom. The first-order valence-corrected chi connectivity index (χ1v) is 8.62. The van der Waals surface area contributed by atoms with Gasteiger partial charge in [0.25, 0.3) is 5.91 Å². The van der Waals surface area contributed by atoms with E-state index in [1.807, 2.05) is 13.8 Å². The van der Waals surface area contributed by atoms with Crippen molar-refractivity contribution in [3.05, 3.63) is 27.7 Å². The number of carbonyl (C=O) groups excluding carboxylic acids is 1. The Labute approximate surface area is 135 Å². The van der Waals surface area contributed by atoms with Crippen molar-refractivity contribution < 1.29 is 13.2 Å². The number of nitrogens with two attached hydrogens (primary N) is 1. The summed E-state index contributed by atoms with van der Waals surface area (Å²) >= 11 is 12.0. The van der Waals surface area contributed by atoms with Gasteiger partial charge in [0.05, 0.1) is 15.6 Å². The molecule has 2 N–H and O–H groups in total. The van der Waals surface area contributed by atoms with Crippen LogP contribution >= 0.6 is 23.2 Å². The van der Waals surface area contributed by atoms with E-state index in [-0.39, 0.29) is 20.5 Å². The molecule has 0 atom stereocenters. The fourth-order valence-electron chi connectivity index (χ4n) is 1.69. The van der Waals surface area contributed by atoms with Crippen LogP contribution in [0.15, 0.2) is 17.0 Å². The number of hydrogen-bond acceptors (Lipinski definition) is 3. The lowest BCUT2D eigenvalue weighted by Crippen LogP contribution is -2.29. The highest BCUT2D eigenvalue weighted by atomic mass is 35.5. The maximum atomic E-state index is 12.4. The molecule has 0 radical (unpaired) electrons. The van der Waals surface area contributed by atoms with Gasteiger partial charge >= 0.3 is 0 Å². The fraction of sp³-hybridized carbons (Fsp3) is 0.462. The summed E-state index contributed by atoms with van der Waals surface area (Å²) in [6, 6.07) is 2.49. The molecule has 1 aromatic rings.